The average Bonchev–Trinajstić information content (AvgIpc) is 2.86. The minimum atomic E-state index is -0.711. The van der Waals surface area contributed by atoms with Crippen molar-refractivity contribution in [2.24, 2.45) is 17.8 Å². The van der Waals surface area contributed by atoms with E-state index in [0.717, 1.165) is 60.6 Å². The number of aliphatic hydroxyl groups is 1. The van der Waals surface area contributed by atoms with Crippen LogP contribution in [0.3, 0.4) is 0 Å². The molecule has 2 aromatic rings. The van der Waals surface area contributed by atoms with Crippen LogP contribution in [0.1, 0.15) is 75.9 Å². The van der Waals surface area contributed by atoms with Crippen molar-refractivity contribution in [2.75, 3.05) is 26.7 Å². The molecule has 2 N–H and O–H groups in total. The fourth-order valence-corrected chi connectivity index (χ4v) is 6.13. The van der Waals surface area contributed by atoms with Crippen molar-refractivity contribution in [1.29, 1.82) is 0 Å². The van der Waals surface area contributed by atoms with Gasteiger partial charge in [-0.25, -0.2) is 0 Å². The summed E-state index contributed by atoms with van der Waals surface area (Å²) in [6.45, 7) is 3.01. The minimum absolute atomic E-state index is 0.152. The van der Waals surface area contributed by atoms with Gasteiger partial charge in [-0.05, 0) is 86.4 Å². The Morgan fingerprint density at radius 1 is 1.15 bits per heavy atom. The lowest BCUT2D eigenvalue weighted by Gasteiger charge is -2.39. The van der Waals surface area contributed by atoms with Crippen molar-refractivity contribution in [2.45, 2.75) is 70.3 Å². The van der Waals surface area contributed by atoms with Gasteiger partial charge in [0.25, 0.3) is 0 Å². The van der Waals surface area contributed by atoms with Gasteiger partial charge < -0.3 is 19.8 Å². The number of nitrogens with zero attached hydrogens (tertiary/aromatic N) is 2. The third-order valence-electron chi connectivity index (χ3n) is 8.14. The summed E-state index contributed by atoms with van der Waals surface area (Å²) in [6, 6.07) is 7.61. The topological polar surface area (TPSA) is 82.9 Å². The summed E-state index contributed by atoms with van der Waals surface area (Å²) >= 11 is 0. The average molecular weight is 469 g/mol. The quantitative estimate of drug-likeness (QED) is 0.483. The SMILES string of the molecule is COc1ccc2nccc([C@H](O)CC[C@@H]3CCN(CCC4CCCCC4)C[C@@H]3CC(=O)O)c2c1. The minimum Gasteiger partial charge on any atom is -0.497 e. The summed E-state index contributed by atoms with van der Waals surface area (Å²) in [5.74, 6) is 1.37. The Morgan fingerprint density at radius 2 is 1.97 bits per heavy atom. The number of carbonyl (C=O) groups is 1. The van der Waals surface area contributed by atoms with Gasteiger partial charge in [0.15, 0.2) is 0 Å². The maximum Gasteiger partial charge on any atom is 0.303 e. The summed E-state index contributed by atoms with van der Waals surface area (Å²) in [5, 5.41) is 21.5. The second-order valence-electron chi connectivity index (χ2n) is 10.4. The van der Waals surface area contributed by atoms with E-state index in [1.807, 2.05) is 24.3 Å². The van der Waals surface area contributed by atoms with E-state index in [1.165, 1.54) is 38.5 Å². The summed E-state index contributed by atoms with van der Waals surface area (Å²) in [7, 11) is 1.64. The highest BCUT2D eigenvalue weighted by molar-refractivity contribution is 5.83. The van der Waals surface area contributed by atoms with Crippen LogP contribution in [0, 0.1) is 17.8 Å². The zero-order valence-corrected chi connectivity index (χ0v) is 20.5. The summed E-state index contributed by atoms with van der Waals surface area (Å²) in [4.78, 5) is 18.5. The third-order valence-corrected chi connectivity index (χ3v) is 8.14. The number of likely N-dealkylation sites (tertiary alicyclic amines) is 1. The molecule has 1 aromatic heterocycles. The number of carboxylic acids is 1. The first-order valence-electron chi connectivity index (χ1n) is 13.1. The maximum absolute atomic E-state index is 11.6. The maximum atomic E-state index is 11.6. The molecule has 4 rings (SSSR count). The number of hydrogen-bond donors (Lipinski definition) is 2. The van der Waals surface area contributed by atoms with Crippen LogP contribution >= 0.6 is 0 Å². The van der Waals surface area contributed by atoms with Gasteiger partial charge in [-0.3, -0.25) is 9.78 Å². The van der Waals surface area contributed by atoms with Crippen LogP contribution in [0.2, 0.25) is 0 Å². The van der Waals surface area contributed by atoms with E-state index in [2.05, 4.69) is 9.88 Å². The summed E-state index contributed by atoms with van der Waals surface area (Å²) in [5.41, 5.74) is 1.70. The van der Waals surface area contributed by atoms with Crippen LogP contribution in [0.15, 0.2) is 30.5 Å². The number of piperidine rings is 1. The van der Waals surface area contributed by atoms with Crippen molar-refractivity contribution in [3.63, 3.8) is 0 Å². The van der Waals surface area contributed by atoms with Crippen molar-refractivity contribution in [3.8, 4) is 5.75 Å². The number of ether oxygens (including phenoxy) is 1. The smallest absolute Gasteiger partial charge is 0.303 e. The number of aromatic nitrogens is 1. The number of fused-ring (bicyclic) bond motifs is 1. The van der Waals surface area contributed by atoms with Crippen LogP contribution < -0.4 is 4.74 Å². The molecule has 2 fully saturated rings. The highest BCUT2D eigenvalue weighted by Crippen LogP contribution is 2.35. The first-order valence-corrected chi connectivity index (χ1v) is 13.1. The highest BCUT2D eigenvalue weighted by atomic mass is 16.5. The second kappa shape index (κ2) is 12.0. The fraction of sp³-hybridized carbons (Fsp3) is 0.643. The zero-order chi connectivity index (χ0) is 23.9. The lowest BCUT2D eigenvalue weighted by molar-refractivity contribution is -0.139. The molecule has 0 bridgehead atoms. The number of aliphatic carboxylic acids is 1. The van der Waals surface area contributed by atoms with E-state index < -0.39 is 12.1 Å². The molecule has 2 aliphatic rings. The number of pyridine rings is 1. The Bertz CT molecular complexity index is 943. The predicted molar refractivity (Wildman–Crippen MR) is 134 cm³/mol. The van der Waals surface area contributed by atoms with E-state index in [0.29, 0.717) is 12.3 Å². The Kier molecular flexibility index (Phi) is 8.79. The Balaban J connectivity index is 1.35. The Hall–Kier alpha value is -2.18. The van der Waals surface area contributed by atoms with Crippen LogP contribution in [-0.2, 0) is 4.79 Å². The van der Waals surface area contributed by atoms with E-state index in [4.69, 9.17) is 4.74 Å². The number of methoxy groups -OCH3 is 1. The lowest BCUT2D eigenvalue weighted by Crippen LogP contribution is -2.42. The van der Waals surface area contributed by atoms with Gasteiger partial charge in [0.05, 0.1) is 18.7 Å². The Labute approximate surface area is 203 Å². The molecule has 1 saturated heterocycles. The van der Waals surface area contributed by atoms with Crippen molar-refractivity contribution < 1.29 is 19.7 Å². The molecule has 34 heavy (non-hydrogen) atoms. The highest BCUT2D eigenvalue weighted by Gasteiger charge is 2.31. The molecule has 2 heterocycles. The number of benzene rings is 1. The number of hydrogen-bond acceptors (Lipinski definition) is 5. The van der Waals surface area contributed by atoms with Crippen molar-refractivity contribution >= 4 is 16.9 Å². The molecule has 1 aliphatic carbocycles. The van der Waals surface area contributed by atoms with Gasteiger partial charge in [0, 0.05) is 24.5 Å². The molecule has 186 valence electrons. The van der Waals surface area contributed by atoms with Gasteiger partial charge in [0.2, 0.25) is 0 Å². The first kappa shape index (κ1) is 24.9. The first-order chi connectivity index (χ1) is 16.5. The van der Waals surface area contributed by atoms with Gasteiger partial charge in [-0.2, -0.15) is 0 Å². The molecule has 0 spiro atoms. The molecule has 3 atom stereocenters. The van der Waals surface area contributed by atoms with Crippen LogP contribution in [0.25, 0.3) is 10.9 Å². The van der Waals surface area contributed by atoms with Crippen molar-refractivity contribution in [3.05, 3.63) is 36.0 Å². The molecule has 6 nitrogen and oxygen atoms in total. The summed E-state index contributed by atoms with van der Waals surface area (Å²) in [6.07, 6.45) is 11.9. The monoisotopic (exact) mass is 468 g/mol. The third kappa shape index (κ3) is 6.48. The zero-order valence-electron chi connectivity index (χ0n) is 20.5. The molecule has 1 aromatic carbocycles. The number of rotatable bonds is 10. The van der Waals surface area contributed by atoms with Crippen LogP contribution in [0.4, 0.5) is 0 Å². The van der Waals surface area contributed by atoms with Gasteiger partial charge in [-0.1, -0.05) is 32.1 Å². The molecule has 1 saturated carbocycles. The van der Waals surface area contributed by atoms with Gasteiger partial charge >= 0.3 is 5.97 Å². The van der Waals surface area contributed by atoms with Crippen LogP contribution in [-0.4, -0.2) is 52.8 Å². The van der Waals surface area contributed by atoms with E-state index in [1.54, 1.807) is 13.3 Å². The van der Waals surface area contributed by atoms with Crippen LogP contribution in [0.5, 0.6) is 5.75 Å². The molecular formula is C28H40N2O4. The van der Waals surface area contributed by atoms with Gasteiger partial charge in [-0.15, -0.1) is 0 Å². The van der Waals surface area contributed by atoms with E-state index in [9.17, 15) is 15.0 Å². The molecule has 1 aliphatic heterocycles. The van der Waals surface area contributed by atoms with E-state index in [-0.39, 0.29) is 12.3 Å². The molecule has 6 heteroatoms. The van der Waals surface area contributed by atoms with E-state index >= 15 is 0 Å². The predicted octanol–water partition coefficient (Wildman–Crippen LogP) is 5.44. The lowest BCUT2D eigenvalue weighted by atomic mass is 9.79. The fourth-order valence-electron chi connectivity index (χ4n) is 6.13. The molecule has 0 radical (unpaired) electrons. The molecule has 0 amide bonds. The Morgan fingerprint density at radius 3 is 2.74 bits per heavy atom. The van der Waals surface area contributed by atoms with Gasteiger partial charge in [0.1, 0.15) is 5.75 Å². The number of carboxylic acid groups (broad SMARTS) is 1. The molecule has 0 unspecified atom stereocenters. The standard InChI is InChI=1S/C28H40N2O4/c1-34-23-8-9-26-25(18-23)24(11-14-29-26)27(31)10-7-21-13-16-30(19-22(21)17-28(32)33)15-12-20-5-3-2-4-6-20/h8-9,11,14,18,20-22,27,31H,2-7,10,12-13,15-17,19H2,1H3,(H,32,33)/t21-,22+,27-/m1/s1. The van der Waals surface area contributed by atoms with Crippen molar-refractivity contribution in [1.82, 2.24) is 9.88 Å². The second-order valence-corrected chi connectivity index (χ2v) is 10.4. The normalized spacial score (nSPS) is 23.1. The number of aliphatic hydroxyl groups excluding tert-OH is 1. The molecular weight excluding hydrogens is 428 g/mol. The summed E-state index contributed by atoms with van der Waals surface area (Å²) < 4.78 is 5.36. The largest absolute Gasteiger partial charge is 0.497 e.